The predicted octanol–water partition coefficient (Wildman–Crippen LogP) is 0.672. The van der Waals surface area contributed by atoms with Crippen LogP contribution in [0.1, 0.15) is 5.56 Å². The first-order chi connectivity index (χ1) is 8.19. The molecule has 17 heavy (non-hydrogen) atoms. The van der Waals surface area contributed by atoms with Crippen molar-refractivity contribution < 1.29 is 14.9 Å². The van der Waals surface area contributed by atoms with Crippen LogP contribution in [-0.2, 0) is 11.3 Å². The molecule has 0 radical (unpaired) electrons. The van der Waals surface area contributed by atoms with Crippen molar-refractivity contribution in [2.45, 2.75) is 6.61 Å². The minimum absolute atomic E-state index is 0.0254. The second-order valence-electron chi connectivity index (χ2n) is 3.55. The van der Waals surface area contributed by atoms with Crippen molar-refractivity contribution in [3.63, 3.8) is 0 Å². The van der Waals surface area contributed by atoms with Crippen molar-refractivity contribution in [3.05, 3.63) is 22.8 Å². The van der Waals surface area contributed by atoms with Crippen molar-refractivity contribution in [2.75, 3.05) is 38.3 Å². The molecular weight excluding hydrogens is 244 g/mol. The van der Waals surface area contributed by atoms with Gasteiger partial charge < -0.3 is 19.8 Å². The number of aromatic nitrogens is 1. The zero-order chi connectivity index (χ0) is 12.7. The molecule has 5 nitrogen and oxygen atoms in total. The minimum atomic E-state index is -0.108. The van der Waals surface area contributed by atoms with Crippen LogP contribution in [0.25, 0.3) is 0 Å². The van der Waals surface area contributed by atoms with Gasteiger partial charge >= 0.3 is 0 Å². The van der Waals surface area contributed by atoms with E-state index in [0.29, 0.717) is 30.3 Å². The molecule has 2 N–H and O–H groups in total. The number of aliphatic hydroxyl groups is 2. The molecule has 1 aromatic heterocycles. The van der Waals surface area contributed by atoms with Gasteiger partial charge in [-0.1, -0.05) is 11.6 Å². The Bertz CT molecular complexity index is 349. The SMILES string of the molecule is CN(CCOCCO)c1cc(CO)c(Cl)cn1. The van der Waals surface area contributed by atoms with Crippen molar-refractivity contribution in [2.24, 2.45) is 0 Å². The third-order valence-electron chi connectivity index (χ3n) is 2.29. The molecular formula is C11H17ClN2O3. The van der Waals surface area contributed by atoms with Gasteiger partial charge in [-0.25, -0.2) is 4.98 Å². The number of aliphatic hydroxyl groups excluding tert-OH is 2. The van der Waals surface area contributed by atoms with Crippen LogP contribution >= 0.6 is 11.6 Å². The summed E-state index contributed by atoms with van der Waals surface area (Å²) in [7, 11) is 1.87. The molecule has 0 bridgehead atoms. The predicted molar refractivity (Wildman–Crippen MR) is 66.3 cm³/mol. The second-order valence-corrected chi connectivity index (χ2v) is 3.96. The van der Waals surface area contributed by atoms with Crippen LogP contribution in [0.4, 0.5) is 5.82 Å². The fraction of sp³-hybridized carbons (Fsp3) is 0.545. The van der Waals surface area contributed by atoms with Gasteiger partial charge in [0, 0.05) is 25.4 Å². The van der Waals surface area contributed by atoms with Gasteiger partial charge in [-0.15, -0.1) is 0 Å². The lowest BCUT2D eigenvalue weighted by Gasteiger charge is -2.18. The molecule has 0 saturated heterocycles. The number of halogens is 1. The Morgan fingerprint density at radius 2 is 2.18 bits per heavy atom. The highest BCUT2D eigenvalue weighted by Crippen LogP contribution is 2.19. The van der Waals surface area contributed by atoms with Crippen LogP contribution in [0.15, 0.2) is 12.3 Å². The van der Waals surface area contributed by atoms with Crippen molar-refractivity contribution in [1.82, 2.24) is 4.98 Å². The molecule has 0 saturated carbocycles. The number of nitrogens with zero attached hydrogens (tertiary/aromatic N) is 2. The zero-order valence-corrected chi connectivity index (χ0v) is 10.5. The van der Waals surface area contributed by atoms with Gasteiger partial charge in [0.25, 0.3) is 0 Å². The maximum absolute atomic E-state index is 9.09. The van der Waals surface area contributed by atoms with Gasteiger partial charge in [-0.3, -0.25) is 0 Å². The van der Waals surface area contributed by atoms with Crippen molar-refractivity contribution >= 4 is 17.4 Å². The molecule has 1 rings (SSSR count). The quantitative estimate of drug-likeness (QED) is 0.706. The van der Waals surface area contributed by atoms with E-state index in [2.05, 4.69) is 4.98 Å². The van der Waals surface area contributed by atoms with Gasteiger partial charge in [0.1, 0.15) is 5.82 Å². The highest BCUT2D eigenvalue weighted by atomic mass is 35.5. The lowest BCUT2D eigenvalue weighted by atomic mass is 10.2. The lowest BCUT2D eigenvalue weighted by Crippen LogP contribution is -2.24. The number of rotatable bonds is 7. The molecule has 96 valence electrons. The molecule has 1 heterocycles. The summed E-state index contributed by atoms with van der Waals surface area (Å²) in [5, 5.41) is 18.1. The minimum Gasteiger partial charge on any atom is -0.394 e. The summed E-state index contributed by atoms with van der Waals surface area (Å²) in [6.07, 6.45) is 1.52. The smallest absolute Gasteiger partial charge is 0.128 e. The molecule has 6 heteroatoms. The summed E-state index contributed by atoms with van der Waals surface area (Å²) in [5.74, 6) is 0.728. The third-order valence-corrected chi connectivity index (χ3v) is 2.63. The van der Waals surface area contributed by atoms with E-state index < -0.39 is 0 Å². The van der Waals surface area contributed by atoms with Crippen LogP contribution in [0.3, 0.4) is 0 Å². The van der Waals surface area contributed by atoms with Crippen LogP contribution < -0.4 is 4.90 Å². The Morgan fingerprint density at radius 3 is 2.82 bits per heavy atom. The largest absolute Gasteiger partial charge is 0.394 e. The normalized spacial score (nSPS) is 10.6. The number of anilines is 1. The fourth-order valence-corrected chi connectivity index (χ4v) is 1.44. The maximum atomic E-state index is 9.09. The number of hydrogen-bond donors (Lipinski definition) is 2. The van der Waals surface area contributed by atoms with E-state index in [1.54, 1.807) is 6.07 Å². The molecule has 0 aliphatic rings. The Morgan fingerprint density at radius 1 is 1.41 bits per heavy atom. The van der Waals surface area contributed by atoms with Crippen LogP contribution in [0.5, 0.6) is 0 Å². The molecule has 0 aliphatic carbocycles. The third kappa shape index (κ3) is 4.47. The molecule has 1 aromatic rings. The van der Waals surface area contributed by atoms with E-state index in [1.165, 1.54) is 6.20 Å². The number of hydrogen-bond acceptors (Lipinski definition) is 5. The standard InChI is InChI=1S/C11H17ClN2O3/c1-14(2-4-17-5-3-15)11-6-9(8-16)10(12)7-13-11/h6-7,15-16H,2-5,8H2,1H3. The first-order valence-electron chi connectivity index (χ1n) is 5.34. The van der Waals surface area contributed by atoms with Gasteiger partial charge in [0.2, 0.25) is 0 Å². The topological polar surface area (TPSA) is 65.8 Å². The van der Waals surface area contributed by atoms with Crippen LogP contribution in [0.2, 0.25) is 5.02 Å². The summed E-state index contributed by atoms with van der Waals surface area (Å²) in [5.41, 5.74) is 0.653. The van der Waals surface area contributed by atoms with E-state index in [9.17, 15) is 0 Å². The molecule has 0 fully saturated rings. The average Bonchev–Trinajstić information content (AvgIpc) is 2.35. The second kappa shape index (κ2) is 7.45. The van der Waals surface area contributed by atoms with Gasteiger partial charge in [-0.05, 0) is 6.07 Å². The average molecular weight is 261 g/mol. The highest BCUT2D eigenvalue weighted by molar-refractivity contribution is 6.31. The zero-order valence-electron chi connectivity index (χ0n) is 9.77. The highest BCUT2D eigenvalue weighted by Gasteiger charge is 2.06. The Balaban J connectivity index is 2.53. The van der Waals surface area contributed by atoms with Crippen molar-refractivity contribution in [3.8, 4) is 0 Å². The summed E-state index contributed by atoms with van der Waals surface area (Å²) in [6, 6.07) is 1.74. The Kier molecular flexibility index (Phi) is 6.21. The molecule has 0 amide bonds. The fourth-order valence-electron chi connectivity index (χ4n) is 1.28. The van der Waals surface area contributed by atoms with Gasteiger partial charge in [0.15, 0.2) is 0 Å². The van der Waals surface area contributed by atoms with E-state index in [1.807, 2.05) is 11.9 Å². The summed E-state index contributed by atoms with van der Waals surface area (Å²) in [6.45, 7) is 1.42. The lowest BCUT2D eigenvalue weighted by molar-refractivity contribution is 0.0970. The van der Waals surface area contributed by atoms with Crippen molar-refractivity contribution in [1.29, 1.82) is 0 Å². The van der Waals surface area contributed by atoms with E-state index in [-0.39, 0.29) is 13.2 Å². The Labute approximate surface area is 106 Å². The molecule has 0 spiro atoms. The molecule has 0 aliphatic heterocycles. The summed E-state index contributed by atoms with van der Waals surface area (Å²) >= 11 is 5.85. The monoisotopic (exact) mass is 260 g/mol. The van der Waals surface area contributed by atoms with Crippen LogP contribution in [-0.4, -0.2) is 48.6 Å². The van der Waals surface area contributed by atoms with E-state index in [0.717, 1.165) is 5.82 Å². The van der Waals surface area contributed by atoms with Gasteiger partial charge in [-0.2, -0.15) is 0 Å². The van der Waals surface area contributed by atoms with E-state index in [4.69, 9.17) is 26.6 Å². The Hall–Kier alpha value is -0.880. The maximum Gasteiger partial charge on any atom is 0.128 e. The summed E-state index contributed by atoms with van der Waals surface area (Å²) in [4.78, 5) is 6.06. The van der Waals surface area contributed by atoms with Gasteiger partial charge in [0.05, 0.1) is 31.5 Å². The van der Waals surface area contributed by atoms with E-state index >= 15 is 0 Å². The molecule has 0 unspecified atom stereocenters. The molecule has 0 atom stereocenters. The first-order valence-corrected chi connectivity index (χ1v) is 5.72. The van der Waals surface area contributed by atoms with Crippen LogP contribution in [0, 0.1) is 0 Å². The number of ether oxygens (including phenoxy) is 1. The molecule has 0 aromatic carbocycles. The number of pyridine rings is 1. The number of likely N-dealkylation sites (N-methyl/N-ethyl adjacent to an activating group) is 1. The summed E-state index contributed by atoms with van der Waals surface area (Å²) < 4.78 is 5.16. The first kappa shape index (κ1) is 14.2.